The van der Waals surface area contributed by atoms with Crippen LogP contribution in [0.15, 0.2) is 30.6 Å². The monoisotopic (exact) mass is 300 g/mol. The van der Waals surface area contributed by atoms with Gasteiger partial charge in [-0.3, -0.25) is 4.79 Å². The molecule has 1 saturated heterocycles. The zero-order valence-electron chi connectivity index (χ0n) is 12.7. The van der Waals surface area contributed by atoms with E-state index in [0.29, 0.717) is 19.5 Å². The van der Waals surface area contributed by atoms with Crippen LogP contribution in [-0.2, 0) is 17.9 Å². The third-order valence-corrected chi connectivity index (χ3v) is 3.94. The lowest BCUT2D eigenvalue weighted by molar-refractivity contribution is -0.134. The highest BCUT2D eigenvalue weighted by Crippen LogP contribution is 2.15. The Labute approximate surface area is 129 Å². The second-order valence-electron chi connectivity index (χ2n) is 5.45. The summed E-state index contributed by atoms with van der Waals surface area (Å²) in [4.78, 5) is 18.1. The largest absolute Gasteiger partial charge is 0.497 e. The standard InChI is InChI=1S/C16H20N4O2/c1-22-14-7-5-13(6-8-14)10-20-15(17-12-18-20)11-19-9-3-2-4-16(19)21/h5-8,12H,2-4,9-11H2,1H3. The van der Waals surface area contributed by atoms with Gasteiger partial charge in [-0.25, -0.2) is 9.67 Å². The summed E-state index contributed by atoms with van der Waals surface area (Å²) >= 11 is 0. The predicted molar refractivity (Wildman–Crippen MR) is 81.4 cm³/mol. The lowest BCUT2D eigenvalue weighted by Crippen LogP contribution is -2.35. The van der Waals surface area contributed by atoms with E-state index in [9.17, 15) is 4.79 Å². The van der Waals surface area contributed by atoms with Crippen molar-refractivity contribution in [1.29, 1.82) is 0 Å². The first-order chi connectivity index (χ1) is 10.8. The third kappa shape index (κ3) is 3.27. The molecule has 0 radical (unpaired) electrons. The summed E-state index contributed by atoms with van der Waals surface area (Å²) in [5, 5.41) is 4.28. The van der Waals surface area contributed by atoms with E-state index >= 15 is 0 Å². The Hall–Kier alpha value is -2.37. The van der Waals surface area contributed by atoms with E-state index in [1.54, 1.807) is 13.4 Å². The Balaban J connectivity index is 1.69. The fourth-order valence-corrected chi connectivity index (χ4v) is 2.65. The molecule has 6 heteroatoms. The Morgan fingerprint density at radius 2 is 2.00 bits per heavy atom. The highest BCUT2D eigenvalue weighted by atomic mass is 16.5. The highest BCUT2D eigenvalue weighted by Gasteiger charge is 2.20. The number of methoxy groups -OCH3 is 1. The van der Waals surface area contributed by atoms with Crippen molar-refractivity contribution < 1.29 is 9.53 Å². The summed E-state index contributed by atoms with van der Waals surface area (Å²) in [7, 11) is 1.65. The minimum Gasteiger partial charge on any atom is -0.497 e. The molecule has 3 rings (SSSR count). The molecule has 1 amide bonds. The van der Waals surface area contributed by atoms with Crippen LogP contribution in [0.4, 0.5) is 0 Å². The van der Waals surface area contributed by atoms with Crippen molar-refractivity contribution in [3.8, 4) is 5.75 Å². The zero-order chi connectivity index (χ0) is 15.4. The number of likely N-dealkylation sites (tertiary alicyclic amines) is 1. The molecule has 22 heavy (non-hydrogen) atoms. The summed E-state index contributed by atoms with van der Waals surface area (Å²) in [6.45, 7) is 1.99. The van der Waals surface area contributed by atoms with Crippen molar-refractivity contribution in [2.45, 2.75) is 32.4 Å². The van der Waals surface area contributed by atoms with Crippen LogP contribution in [-0.4, -0.2) is 39.2 Å². The minimum absolute atomic E-state index is 0.213. The quantitative estimate of drug-likeness (QED) is 0.845. The van der Waals surface area contributed by atoms with Crippen LogP contribution in [0.1, 0.15) is 30.7 Å². The second-order valence-corrected chi connectivity index (χ2v) is 5.45. The summed E-state index contributed by atoms with van der Waals surface area (Å²) in [5.74, 6) is 1.87. The van der Waals surface area contributed by atoms with Crippen molar-refractivity contribution in [1.82, 2.24) is 19.7 Å². The zero-order valence-corrected chi connectivity index (χ0v) is 12.7. The third-order valence-electron chi connectivity index (χ3n) is 3.94. The molecule has 0 bridgehead atoms. The maximum atomic E-state index is 11.9. The van der Waals surface area contributed by atoms with Gasteiger partial charge < -0.3 is 9.64 Å². The maximum Gasteiger partial charge on any atom is 0.222 e. The van der Waals surface area contributed by atoms with Crippen LogP contribution < -0.4 is 4.74 Å². The predicted octanol–water partition coefficient (Wildman–Crippen LogP) is 1.85. The minimum atomic E-state index is 0.213. The van der Waals surface area contributed by atoms with Crippen molar-refractivity contribution in [2.24, 2.45) is 0 Å². The molecule has 0 N–H and O–H groups in total. The van der Waals surface area contributed by atoms with E-state index in [1.165, 1.54) is 0 Å². The summed E-state index contributed by atoms with van der Waals surface area (Å²) < 4.78 is 7.01. The molecule has 2 heterocycles. The van der Waals surface area contributed by atoms with Gasteiger partial charge in [-0.2, -0.15) is 5.10 Å². The first-order valence-corrected chi connectivity index (χ1v) is 7.53. The SMILES string of the molecule is COc1ccc(Cn2ncnc2CN2CCCCC2=O)cc1. The van der Waals surface area contributed by atoms with Crippen LogP contribution in [0.5, 0.6) is 5.75 Å². The molecular weight excluding hydrogens is 280 g/mol. The first kappa shape index (κ1) is 14.6. The summed E-state index contributed by atoms with van der Waals surface area (Å²) in [6, 6.07) is 7.88. The Morgan fingerprint density at radius 3 is 2.73 bits per heavy atom. The number of rotatable bonds is 5. The van der Waals surface area contributed by atoms with Gasteiger partial charge in [-0.05, 0) is 30.5 Å². The molecule has 1 aromatic carbocycles. The lowest BCUT2D eigenvalue weighted by atomic mass is 10.1. The van der Waals surface area contributed by atoms with Gasteiger partial charge in [0.2, 0.25) is 5.91 Å². The number of carbonyl (C=O) groups is 1. The van der Waals surface area contributed by atoms with Gasteiger partial charge in [-0.1, -0.05) is 12.1 Å². The van der Waals surface area contributed by atoms with Gasteiger partial charge in [-0.15, -0.1) is 0 Å². The van der Waals surface area contributed by atoms with Crippen LogP contribution in [0.3, 0.4) is 0 Å². The summed E-state index contributed by atoms with van der Waals surface area (Å²) in [5.41, 5.74) is 1.12. The van der Waals surface area contributed by atoms with Gasteiger partial charge in [0.05, 0.1) is 20.2 Å². The number of benzene rings is 1. The normalized spacial score (nSPS) is 15.1. The topological polar surface area (TPSA) is 60.2 Å². The van der Waals surface area contributed by atoms with E-state index in [1.807, 2.05) is 33.8 Å². The molecule has 0 atom stereocenters. The van der Waals surface area contributed by atoms with Crippen molar-refractivity contribution >= 4 is 5.91 Å². The Morgan fingerprint density at radius 1 is 1.18 bits per heavy atom. The number of piperidine rings is 1. The average Bonchev–Trinajstić information content (AvgIpc) is 2.97. The number of ether oxygens (including phenoxy) is 1. The second kappa shape index (κ2) is 6.60. The highest BCUT2D eigenvalue weighted by molar-refractivity contribution is 5.76. The Bertz CT molecular complexity index is 636. The molecule has 1 aliphatic heterocycles. The van der Waals surface area contributed by atoms with E-state index in [-0.39, 0.29) is 5.91 Å². The van der Waals surface area contributed by atoms with Crippen molar-refractivity contribution in [3.05, 3.63) is 42.0 Å². The van der Waals surface area contributed by atoms with E-state index < -0.39 is 0 Å². The fraction of sp³-hybridized carbons (Fsp3) is 0.438. The smallest absolute Gasteiger partial charge is 0.222 e. The van der Waals surface area contributed by atoms with Gasteiger partial charge in [0, 0.05) is 13.0 Å². The molecule has 6 nitrogen and oxygen atoms in total. The number of hydrogen-bond donors (Lipinski definition) is 0. The molecule has 1 fully saturated rings. The van der Waals surface area contributed by atoms with Crippen molar-refractivity contribution in [3.63, 3.8) is 0 Å². The number of hydrogen-bond acceptors (Lipinski definition) is 4. The average molecular weight is 300 g/mol. The molecule has 0 aliphatic carbocycles. The van der Waals surface area contributed by atoms with Crippen LogP contribution in [0.25, 0.3) is 0 Å². The fourth-order valence-electron chi connectivity index (χ4n) is 2.65. The molecule has 0 spiro atoms. The molecule has 1 aliphatic rings. The van der Waals surface area contributed by atoms with Gasteiger partial charge in [0.25, 0.3) is 0 Å². The first-order valence-electron chi connectivity index (χ1n) is 7.53. The number of nitrogens with zero attached hydrogens (tertiary/aromatic N) is 4. The number of amides is 1. The van der Waals surface area contributed by atoms with Crippen LogP contribution in [0.2, 0.25) is 0 Å². The number of aromatic nitrogens is 3. The van der Waals surface area contributed by atoms with Gasteiger partial charge >= 0.3 is 0 Å². The van der Waals surface area contributed by atoms with Crippen LogP contribution >= 0.6 is 0 Å². The molecular formula is C16H20N4O2. The number of carbonyl (C=O) groups excluding carboxylic acids is 1. The molecule has 1 aromatic heterocycles. The van der Waals surface area contributed by atoms with E-state index in [4.69, 9.17) is 4.74 Å². The molecule has 0 unspecified atom stereocenters. The maximum absolute atomic E-state index is 11.9. The van der Waals surface area contributed by atoms with E-state index in [2.05, 4.69) is 10.1 Å². The van der Waals surface area contributed by atoms with Gasteiger partial charge in [0.15, 0.2) is 0 Å². The lowest BCUT2D eigenvalue weighted by Gasteiger charge is -2.26. The van der Waals surface area contributed by atoms with Crippen molar-refractivity contribution in [2.75, 3.05) is 13.7 Å². The van der Waals surface area contributed by atoms with Gasteiger partial charge in [0.1, 0.15) is 17.9 Å². The molecule has 0 saturated carbocycles. The molecule has 116 valence electrons. The van der Waals surface area contributed by atoms with E-state index in [0.717, 1.165) is 36.5 Å². The summed E-state index contributed by atoms with van der Waals surface area (Å²) in [6.07, 6.45) is 4.26. The molecule has 2 aromatic rings. The Kier molecular flexibility index (Phi) is 4.37. The van der Waals surface area contributed by atoms with Crippen LogP contribution in [0, 0.1) is 0 Å².